The minimum absolute atomic E-state index is 0.256. The topological polar surface area (TPSA) is 189 Å². The number of aliphatic hydroxyl groups is 7. The van der Waals surface area contributed by atoms with Gasteiger partial charge in [0.05, 0.1) is 25.4 Å². The number of rotatable bonds is 70. The van der Waals surface area contributed by atoms with Crippen molar-refractivity contribution >= 4 is 5.91 Å². The van der Waals surface area contributed by atoms with Crippen molar-refractivity contribution in [3.05, 3.63) is 36.5 Å². The molecule has 0 bridgehead atoms. The molecule has 0 aromatic rings. The van der Waals surface area contributed by atoms with Gasteiger partial charge in [-0.25, -0.2) is 0 Å². The number of nitrogens with one attached hydrogen (secondary N) is 1. The Morgan fingerprint density at radius 3 is 1.02 bits per heavy atom. The monoisotopic (exact) mass is 1270 g/mol. The van der Waals surface area contributed by atoms with Gasteiger partial charge in [-0.2, -0.15) is 0 Å². The number of ether oxygens (including phenoxy) is 2. The lowest BCUT2D eigenvalue weighted by atomic mass is 9.98. The van der Waals surface area contributed by atoms with E-state index in [1.54, 1.807) is 0 Å². The van der Waals surface area contributed by atoms with Crippen molar-refractivity contribution in [2.45, 2.75) is 448 Å². The van der Waals surface area contributed by atoms with Gasteiger partial charge in [0.2, 0.25) is 5.91 Å². The van der Waals surface area contributed by atoms with Crippen LogP contribution in [0.4, 0.5) is 0 Å². The Hall–Kier alpha value is -1.67. The number of carbonyl (C=O) groups is 1. The van der Waals surface area contributed by atoms with Crippen LogP contribution in [-0.4, -0.2) is 110 Å². The van der Waals surface area contributed by atoms with E-state index in [1.165, 1.54) is 308 Å². The summed E-state index contributed by atoms with van der Waals surface area (Å²) in [6.07, 6.45) is 76.9. The first-order chi connectivity index (χ1) is 44.2. The normalized spacial score (nSPS) is 18.6. The average Bonchev–Trinajstić information content (AvgIpc) is 1.69. The smallest absolute Gasteiger partial charge is 0.249 e. The zero-order valence-electron chi connectivity index (χ0n) is 59.1. The molecule has 0 aromatic carbocycles. The van der Waals surface area contributed by atoms with E-state index in [0.29, 0.717) is 12.8 Å². The summed E-state index contributed by atoms with van der Waals surface area (Å²) in [4.78, 5) is 13.3. The lowest BCUT2D eigenvalue weighted by Crippen LogP contribution is -2.60. The maximum atomic E-state index is 13.3. The van der Waals surface area contributed by atoms with Crippen molar-refractivity contribution < 1.29 is 50.0 Å². The third kappa shape index (κ3) is 53.6. The SMILES string of the molecule is CCCCCCCCCCCCCCCCC/C=C\C/C=C\CCCCCCCCCCCCCCCCCCC(O)C(=O)NC(COC1OC(CO)C(O)C(O)C1O)C(O)C(O)CCC/C=C/CCCCCCCCCCCCCCCCCCCCCC. The van der Waals surface area contributed by atoms with Gasteiger partial charge >= 0.3 is 0 Å². The van der Waals surface area contributed by atoms with Crippen molar-refractivity contribution in [1.29, 1.82) is 0 Å². The molecule has 8 N–H and O–H groups in total. The lowest BCUT2D eigenvalue weighted by Gasteiger charge is -2.40. The number of amides is 1. The molecule has 90 heavy (non-hydrogen) atoms. The summed E-state index contributed by atoms with van der Waals surface area (Å²) in [6, 6.07) is -1.19. The van der Waals surface area contributed by atoms with Gasteiger partial charge in [-0.15, -0.1) is 0 Å². The maximum Gasteiger partial charge on any atom is 0.249 e. The summed E-state index contributed by atoms with van der Waals surface area (Å²) in [7, 11) is 0. The van der Waals surface area contributed by atoms with E-state index >= 15 is 0 Å². The molecule has 532 valence electrons. The van der Waals surface area contributed by atoms with Gasteiger partial charge in [-0.1, -0.05) is 359 Å². The molecule has 11 nitrogen and oxygen atoms in total. The summed E-state index contributed by atoms with van der Waals surface area (Å²) in [5.41, 5.74) is 0. The predicted octanol–water partition coefficient (Wildman–Crippen LogP) is 20.1. The van der Waals surface area contributed by atoms with Gasteiger partial charge in [-0.05, 0) is 70.6 Å². The van der Waals surface area contributed by atoms with Crippen LogP contribution in [0.3, 0.4) is 0 Å². The molecule has 1 saturated heterocycles. The molecule has 1 amide bonds. The number of hydrogen-bond donors (Lipinski definition) is 8. The second-order valence-corrected chi connectivity index (χ2v) is 27.8. The first kappa shape index (κ1) is 86.3. The van der Waals surface area contributed by atoms with E-state index in [9.17, 15) is 40.5 Å². The van der Waals surface area contributed by atoms with Crippen LogP contribution in [0, 0.1) is 0 Å². The highest BCUT2D eigenvalue weighted by atomic mass is 16.7. The van der Waals surface area contributed by atoms with Gasteiger partial charge in [-0.3, -0.25) is 4.79 Å². The second kappa shape index (κ2) is 67.3. The first-order valence-electron chi connectivity index (χ1n) is 39.4. The van der Waals surface area contributed by atoms with Gasteiger partial charge in [0.1, 0.15) is 36.6 Å². The highest BCUT2D eigenvalue weighted by molar-refractivity contribution is 5.80. The highest BCUT2D eigenvalue weighted by Crippen LogP contribution is 2.24. The molecular weight excluding hydrogens is 1120 g/mol. The molecule has 0 spiro atoms. The molecule has 0 aromatic heterocycles. The Morgan fingerprint density at radius 1 is 0.389 bits per heavy atom. The number of aliphatic hydroxyl groups excluding tert-OH is 7. The van der Waals surface area contributed by atoms with Crippen LogP contribution in [0.25, 0.3) is 0 Å². The standard InChI is InChI=1S/C79H151NO10/c1-3-5-7-9-11-13-15-17-19-21-23-25-27-29-30-31-32-33-34-35-36-37-38-39-40-41-43-45-47-49-51-53-55-57-59-61-63-65-67-72(83)78(88)80-70(69-89-79-77(87)76(86)75(85)73(68-81)90-79)74(84)71(82)66-64-62-60-58-56-54-52-50-48-46-44-42-28-26-24-22-20-18-16-14-12-10-8-6-4-2/h32-33,35-36,58,60,70-77,79,81-87H,3-31,34,37-57,59,61-69H2,1-2H3,(H,80,88)/b33-32-,36-35-,60-58+. The molecule has 0 saturated carbocycles. The van der Waals surface area contributed by atoms with E-state index in [0.717, 1.165) is 44.9 Å². The summed E-state index contributed by atoms with van der Waals surface area (Å²) < 4.78 is 11.2. The Labute approximate surface area is 556 Å². The zero-order valence-corrected chi connectivity index (χ0v) is 59.1. The van der Waals surface area contributed by atoms with Crippen LogP contribution in [0.15, 0.2) is 36.5 Å². The third-order valence-electron chi connectivity index (χ3n) is 19.2. The minimum Gasteiger partial charge on any atom is -0.394 e. The van der Waals surface area contributed by atoms with E-state index in [4.69, 9.17) is 9.47 Å². The Bertz CT molecular complexity index is 1560. The number of allylic oxidation sites excluding steroid dienone is 6. The molecule has 9 unspecified atom stereocenters. The van der Waals surface area contributed by atoms with E-state index in [1.807, 2.05) is 0 Å². The fourth-order valence-corrected chi connectivity index (χ4v) is 12.9. The first-order valence-corrected chi connectivity index (χ1v) is 39.4. The largest absolute Gasteiger partial charge is 0.394 e. The molecule has 0 radical (unpaired) electrons. The lowest BCUT2D eigenvalue weighted by molar-refractivity contribution is -0.303. The summed E-state index contributed by atoms with van der Waals surface area (Å²) in [5.74, 6) is -0.700. The summed E-state index contributed by atoms with van der Waals surface area (Å²) in [6.45, 7) is 3.51. The molecular formula is C79H151NO10. The quantitative estimate of drug-likeness (QED) is 0.0215. The average molecular weight is 1280 g/mol. The van der Waals surface area contributed by atoms with Crippen molar-refractivity contribution in [2.75, 3.05) is 13.2 Å². The van der Waals surface area contributed by atoms with Crippen LogP contribution in [-0.2, 0) is 14.3 Å². The van der Waals surface area contributed by atoms with Gasteiger partial charge < -0.3 is 50.5 Å². The van der Waals surface area contributed by atoms with Crippen LogP contribution in [0.2, 0.25) is 0 Å². The molecule has 11 heteroatoms. The molecule has 1 rings (SSSR count). The molecule has 0 aliphatic carbocycles. The van der Waals surface area contributed by atoms with E-state index in [-0.39, 0.29) is 12.8 Å². The minimum atomic E-state index is -1.67. The predicted molar refractivity (Wildman–Crippen MR) is 381 cm³/mol. The summed E-state index contributed by atoms with van der Waals surface area (Å²) in [5, 5.41) is 76.6. The number of unbranched alkanes of at least 4 members (excludes halogenated alkanes) is 52. The molecule has 9 atom stereocenters. The van der Waals surface area contributed by atoms with E-state index < -0.39 is 74.2 Å². The molecule has 1 heterocycles. The highest BCUT2D eigenvalue weighted by Gasteiger charge is 2.44. The molecule has 1 fully saturated rings. The van der Waals surface area contributed by atoms with Crippen molar-refractivity contribution in [3.8, 4) is 0 Å². The Kier molecular flexibility index (Phi) is 64.6. The van der Waals surface area contributed by atoms with Crippen LogP contribution >= 0.6 is 0 Å². The van der Waals surface area contributed by atoms with Crippen LogP contribution < -0.4 is 5.32 Å². The molecule has 1 aliphatic heterocycles. The third-order valence-corrected chi connectivity index (χ3v) is 19.2. The Morgan fingerprint density at radius 2 is 0.689 bits per heavy atom. The van der Waals surface area contributed by atoms with Gasteiger partial charge in [0.15, 0.2) is 6.29 Å². The van der Waals surface area contributed by atoms with E-state index in [2.05, 4.69) is 55.6 Å². The second-order valence-electron chi connectivity index (χ2n) is 27.8. The number of hydrogen-bond acceptors (Lipinski definition) is 10. The van der Waals surface area contributed by atoms with Gasteiger partial charge in [0.25, 0.3) is 0 Å². The fourth-order valence-electron chi connectivity index (χ4n) is 12.9. The van der Waals surface area contributed by atoms with Crippen LogP contribution in [0.5, 0.6) is 0 Å². The zero-order chi connectivity index (χ0) is 65.3. The maximum absolute atomic E-state index is 13.3. The fraction of sp³-hybridized carbons (Fsp3) is 0.911. The van der Waals surface area contributed by atoms with Gasteiger partial charge in [0, 0.05) is 0 Å². The van der Waals surface area contributed by atoms with Crippen molar-refractivity contribution in [1.82, 2.24) is 5.32 Å². The summed E-state index contributed by atoms with van der Waals surface area (Å²) >= 11 is 0. The van der Waals surface area contributed by atoms with Crippen LogP contribution in [0.1, 0.15) is 393 Å². The number of carbonyl (C=O) groups excluding carboxylic acids is 1. The Balaban J connectivity index is 2.14. The van der Waals surface area contributed by atoms with Crippen molar-refractivity contribution in [2.24, 2.45) is 0 Å². The van der Waals surface area contributed by atoms with Crippen molar-refractivity contribution in [3.63, 3.8) is 0 Å². The molecule has 1 aliphatic rings.